The van der Waals surface area contributed by atoms with Gasteiger partial charge in [0.25, 0.3) is 0 Å². The number of nitrogens with zero attached hydrogens (tertiary/aromatic N) is 1. The van der Waals surface area contributed by atoms with Crippen LogP contribution >= 0.6 is 11.6 Å². The smallest absolute Gasteiger partial charge is 0.224 e. The maximum absolute atomic E-state index is 12.1. The molecule has 110 valence electrons. The van der Waals surface area contributed by atoms with Gasteiger partial charge in [-0.2, -0.15) is 0 Å². The highest BCUT2D eigenvalue weighted by atomic mass is 35.5. The zero-order valence-corrected chi connectivity index (χ0v) is 12.8. The highest BCUT2D eigenvalue weighted by Gasteiger charge is 2.25. The lowest BCUT2D eigenvalue weighted by Gasteiger charge is -2.32. The van der Waals surface area contributed by atoms with Crippen LogP contribution < -0.4 is 5.32 Å². The van der Waals surface area contributed by atoms with Gasteiger partial charge in [-0.25, -0.2) is 0 Å². The molecule has 1 aliphatic rings. The molecule has 1 saturated heterocycles. The predicted molar refractivity (Wildman–Crippen MR) is 82.8 cm³/mol. The Labute approximate surface area is 126 Å². The number of likely N-dealkylation sites (tertiary alicyclic amines) is 1. The van der Waals surface area contributed by atoms with Gasteiger partial charge in [-0.15, -0.1) is 0 Å². The van der Waals surface area contributed by atoms with Crippen molar-refractivity contribution in [2.75, 3.05) is 19.6 Å². The summed E-state index contributed by atoms with van der Waals surface area (Å²) in [6.07, 6.45) is 3.08. The van der Waals surface area contributed by atoms with Crippen molar-refractivity contribution < 1.29 is 4.79 Å². The Bertz CT molecular complexity index is 450. The van der Waals surface area contributed by atoms with E-state index in [1.54, 1.807) is 0 Å². The number of hydrogen-bond acceptors (Lipinski definition) is 2. The van der Waals surface area contributed by atoms with Crippen molar-refractivity contribution in [3.05, 3.63) is 34.9 Å². The molecule has 20 heavy (non-hydrogen) atoms. The Morgan fingerprint density at radius 2 is 2.35 bits per heavy atom. The number of hydrogen-bond donors (Lipinski definition) is 1. The minimum absolute atomic E-state index is 0.134. The van der Waals surface area contributed by atoms with E-state index in [1.807, 2.05) is 18.2 Å². The van der Waals surface area contributed by atoms with Crippen molar-refractivity contribution in [2.24, 2.45) is 5.92 Å². The molecule has 1 atom stereocenters. The molecule has 0 aliphatic carbocycles. The van der Waals surface area contributed by atoms with E-state index in [1.165, 1.54) is 5.56 Å². The zero-order chi connectivity index (χ0) is 14.4. The van der Waals surface area contributed by atoms with Crippen LogP contribution in [0, 0.1) is 5.92 Å². The highest BCUT2D eigenvalue weighted by Crippen LogP contribution is 2.20. The van der Waals surface area contributed by atoms with E-state index in [0.29, 0.717) is 0 Å². The summed E-state index contributed by atoms with van der Waals surface area (Å²) in [6.45, 7) is 5.64. The average molecular weight is 295 g/mol. The van der Waals surface area contributed by atoms with Gasteiger partial charge in [-0.05, 0) is 43.5 Å². The largest absolute Gasteiger partial charge is 0.356 e. The number of amides is 1. The third kappa shape index (κ3) is 4.50. The van der Waals surface area contributed by atoms with Gasteiger partial charge in [0.05, 0.1) is 5.92 Å². The fourth-order valence-electron chi connectivity index (χ4n) is 2.70. The summed E-state index contributed by atoms with van der Waals surface area (Å²) in [5.74, 6) is 0.345. The molecule has 4 heteroatoms. The third-order valence-electron chi connectivity index (χ3n) is 3.72. The van der Waals surface area contributed by atoms with Gasteiger partial charge >= 0.3 is 0 Å². The van der Waals surface area contributed by atoms with Crippen molar-refractivity contribution >= 4 is 17.5 Å². The first-order chi connectivity index (χ1) is 9.69. The molecular formula is C16H23ClN2O. The highest BCUT2D eigenvalue weighted by molar-refractivity contribution is 6.30. The van der Waals surface area contributed by atoms with Crippen LogP contribution in [0.25, 0.3) is 0 Å². The van der Waals surface area contributed by atoms with Gasteiger partial charge in [-0.3, -0.25) is 9.69 Å². The first-order valence-corrected chi connectivity index (χ1v) is 7.81. The van der Waals surface area contributed by atoms with Crippen LogP contribution in [-0.4, -0.2) is 30.4 Å². The summed E-state index contributed by atoms with van der Waals surface area (Å²) >= 11 is 6.02. The summed E-state index contributed by atoms with van der Waals surface area (Å²) in [5.41, 5.74) is 1.21. The van der Waals surface area contributed by atoms with E-state index in [0.717, 1.165) is 50.5 Å². The first-order valence-electron chi connectivity index (χ1n) is 7.43. The van der Waals surface area contributed by atoms with Crippen LogP contribution in [0.3, 0.4) is 0 Å². The van der Waals surface area contributed by atoms with E-state index < -0.39 is 0 Å². The summed E-state index contributed by atoms with van der Waals surface area (Å²) in [6, 6.07) is 7.96. The molecule has 1 aliphatic heterocycles. The van der Waals surface area contributed by atoms with Crippen LogP contribution in [0.5, 0.6) is 0 Å². The summed E-state index contributed by atoms with van der Waals surface area (Å²) < 4.78 is 0. The van der Waals surface area contributed by atoms with Gasteiger partial charge in [0.15, 0.2) is 0 Å². The van der Waals surface area contributed by atoms with Crippen molar-refractivity contribution in [2.45, 2.75) is 32.7 Å². The van der Waals surface area contributed by atoms with Crippen molar-refractivity contribution in [3.63, 3.8) is 0 Å². The Morgan fingerprint density at radius 3 is 3.10 bits per heavy atom. The third-order valence-corrected chi connectivity index (χ3v) is 3.96. The predicted octanol–water partition coefficient (Wildman–Crippen LogP) is 3.08. The van der Waals surface area contributed by atoms with E-state index in [-0.39, 0.29) is 11.8 Å². The Morgan fingerprint density at radius 1 is 1.50 bits per heavy atom. The van der Waals surface area contributed by atoms with Crippen molar-refractivity contribution in [1.29, 1.82) is 0 Å². The number of piperidine rings is 1. The van der Waals surface area contributed by atoms with Crippen LogP contribution in [0.1, 0.15) is 31.7 Å². The van der Waals surface area contributed by atoms with E-state index >= 15 is 0 Å². The summed E-state index contributed by atoms with van der Waals surface area (Å²) in [4.78, 5) is 14.4. The van der Waals surface area contributed by atoms with Crippen molar-refractivity contribution in [1.82, 2.24) is 10.2 Å². The van der Waals surface area contributed by atoms with Crippen LogP contribution in [-0.2, 0) is 11.3 Å². The number of benzene rings is 1. The lowest BCUT2D eigenvalue weighted by Crippen LogP contribution is -2.42. The molecule has 3 nitrogen and oxygen atoms in total. The molecule has 1 heterocycles. The molecule has 0 saturated carbocycles. The van der Waals surface area contributed by atoms with Crippen molar-refractivity contribution in [3.8, 4) is 0 Å². The fourth-order valence-corrected chi connectivity index (χ4v) is 2.91. The number of rotatable bonds is 5. The Hall–Kier alpha value is -1.06. The molecule has 0 radical (unpaired) electrons. The average Bonchev–Trinajstić information content (AvgIpc) is 2.45. The minimum atomic E-state index is 0.134. The second-order valence-corrected chi connectivity index (χ2v) is 5.93. The monoisotopic (exact) mass is 294 g/mol. The molecule has 0 spiro atoms. The fraction of sp³-hybridized carbons (Fsp3) is 0.562. The van der Waals surface area contributed by atoms with Crippen LogP contribution in [0.2, 0.25) is 5.02 Å². The summed E-state index contributed by atoms with van der Waals surface area (Å²) in [7, 11) is 0. The quantitative estimate of drug-likeness (QED) is 0.905. The number of carbonyl (C=O) groups excluding carboxylic acids is 1. The lowest BCUT2D eigenvalue weighted by atomic mass is 9.96. The zero-order valence-electron chi connectivity index (χ0n) is 12.1. The minimum Gasteiger partial charge on any atom is -0.356 e. The topological polar surface area (TPSA) is 32.3 Å². The number of halogens is 1. The van der Waals surface area contributed by atoms with Gasteiger partial charge in [0, 0.05) is 24.7 Å². The normalized spacial score (nSPS) is 19.8. The number of nitrogens with one attached hydrogen (secondary N) is 1. The maximum Gasteiger partial charge on any atom is 0.224 e. The lowest BCUT2D eigenvalue weighted by molar-refractivity contribution is -0.126. The van der Waals surface area contributed by atoms with E-state index in [9.17, 15) is 4.79 Å². The van der Waals surface area contributed by atoms with Gasteiger partial charge in [0.2, 0.25) is 5.91 Å². The Kier molecular flexibility index (Phi) is 5.86. The molecule has 0 bridgehead atoms. The molecule has 1 fully saturated rings. The second kappa shape index (κ2) is 7.65. The molecular weight excluding hydrogens is 272 g/mol. The standard InChI is InChI=1S/C16H23ClN2O/c1-2-8-18-16(20)14-6-4-9-19(12-14)11-13-5-3-7-15(17)10-13/h3,5,7,10,14H,2,4,6,8-9,11-12H2,1H3,(H,18,20). The van der Waals surface area contributed by atoms with E-state index in [4.69, 9.17) is 11.6 Å². The van der Waals surface area contributed by atoms with Gasteiger partial charge in [-0.1, -0.05) is 30.7 Å². The SMILES string of the molecule is CCCNC(=O)C1CCCN(Cc2cccc(Cl)c2)C1. The first kappa shape index (κ1) is 15.3. The molecule has 1 aromatic rings. The maximum atomic E-state index is 12.1. The van der Waals surface area contributed by atoms with Crippen LogP contribution in [0.15, 0.2) is 24.3 Å². The van der Waals surface area contributed by atoms with Crippen LogP contribution in [0.4, 0.5) is 0 Å². The molecule has 1 N–H and O–H groups in total. The molecule has 1 unspecified atom stereocenters. The second-order valence-electron chi connectivity index (χ2n) is 5.50. The summed E-state index contributed by atoms with van der Waals surface area (Å²) in [5, 5.41) is 3.78. The molecule has 0 aromatic heterocycles. The number of carbonyl (C=O) groups is 1. The van der Waals surface area contributed by atoms with Gasteiger partial charge in [0.1, 0.15) is 0 Å². The molecule has 1 amide bonds. The Balaban J connectivity index is 1.88. The van der Waals surface area contributed by atoms with E-state index in [2.05, 4.69) is 23.2 Å². The molecule has 2 rings (SSSR count). The molecule has 1 aromatic carbocycles. The van der Waals surface area contributed by atoms with Gasteiger partial charge < -0.3 is 5.32 Å².